The quantitative estimate of drug-likeness (QED) is 0.337. The molecular formula is C18H25FN2S. The van der Waals surface area contributed by atoms with Crippen molar-refractivity contribution in [3.05, 3.63) is 59.2 Å². The number of nitrogens with one attached hydrogen (secondary N) is 1. The lowest BCUT2D eigenvalue weighted by atomic mass is 10.1. The highest BCUT2D eigenvalue weighted by atomic mass is 32.1. The molecule has 1 rings (SSSR count). The monoisotopic (exact) mass is 320 g/mol. The second kappa shape index (κ2) is 10.9. The minimum atomic E-state index is -0.240. The van der Waals surface area contributed by atoms with E-state index in [1.165, 1.54) is 12.1 Å². The van der Waals surface area contributed by atoms with Crippen molar-refractivity contribution in [1.29, 1.82) is 0 Å². The molecule has 0 aliphatic carbocycles. The minimum Gasteiger partial charge on any atom is -0.380 e. The molecular weight excluding hydrogens is 295 g/mol. The largest absolute Gasteiger partial charge is 0.380 e. The lowest BCUT2D eigenvalue weighted by molar-refractivity contribution is 0.626. The Hall–Kier alpha value is -1.81. The molecule has 0 radical (unpaired) electrons. The molecule has 0 spiro atoms. The van der Waals surface area contributed by atoms with E-state index in [1.807, 2.05) is 34.6 Å². The second-order valence-corrected chi connectivity index (χ2v) is 4.99. The number of thiocarbonyl (C=S) groups is 1. The fraction of sp³-hybridized carbons (Fsp3) is 0.333. The van der Waals surface area contributed by atoms with Crippen molar-refractivity contribution in [3.63, 3.8) is 0 Å². The van der Waals surface area contributed by atoms with Crippen molar-refractivity contribution < 1.29 is 4.39 Å². The number of allylic oxidation sites excluding steroid dienone is 1. The number of aliphatic imine (C=N–C) groups is 1. The molecule has 0 unspecified atom stereocenters. The van der Waals surface area contributed by atoms with Crippen LogP contribution in [0.2, 0.25) is 0 Å². The first-order valence-corrected chi connectivity index (χ1v) is 7.74. The van der Waals surface area contributed by atoms with Crippen LogP contribution in [0.1, 0.15) is 40.2 Å². The number of hydrogen-bond acceptors (Lipinski definition) is 3. The highest BCUT2D eigenvalue weighted by Gasteiger charge is 2.07. The standard InChI is InChI=1S/C16H19FN2S.C2H6/c1-5-18-16(11(2)13(4)20)12(3)19-10-14-6-8-15(17)9-7-14;1-2/h5-9,19H,3,10H2,1-2,4H3;1-2H3/b16-11-,18-5?;. The van der Waals surface area contributed by atoms with E-state index >= 15 is 0 Å². The number of nitrogens with zero attached hydrogens (tertiary/aromatic N) is 1. The minimum absolute atomic E-state index is 0.240. The molecule has 0 saturated heterocycles. The average Bonchev–Trinajstić information content (AvgIpc) is 2.53. The van der Waals surface area contributed by atoms with Crippen LogP contribution in [0.4, 0.5) is 4.39 Å². The lowest BCUT2D eigenvalue weighted by Crippen LogP contribution is -2.15. The predicted molar refractivity (Wildman–Crippen MR) is 98.9 cm³/mol. The van der Waals surface area contributed by atoms with Crippen molar-refractivity contribution in [2.45, 2.75) is 41.2 Å². The van der Waals surface area contributed by atoms with Gasteiger partial charge < -0.3 is 5.32 Å². The Bertz CT molecular complexity index is 557. The Balaban J connectivity index is 0.00000211. The van der Waals surface area contributed by atoms with Crippen molar-refractivity contribution in [2.24, 2.45) is 4.99 Å². The van der Waals surface area contributed by atoms with Gasteiger partial charge in [0.15, 0.2) is 0 Å². The topological polar surface area (TPSA) is 24.4 Å². The van der Waals surface area contributed by atoms with E-state index in [1.54, 1.807) is 18.3 Å². The fourth-order valence-corrected chi connectivity index (χ4v) is 1.69. The van der Waals surface area contributed by atoms with Crippen LogP contribution in [0.25, 0.3) is 0 Å². The molecule has 4 heteroatoms. The van der Waals surface area contributed by atoms with Gasteiger partial charge in [-0.15, -0.1) is 0 Å². The Morgan fingerprint density at radius 3 is 2.27 bits per heavy atom. The summed E-state index contributed by atoms with van der Waals surface area (Å²) in [6.45, 7) is 14.2. The van der Waals surface area contributed by atoms with Gasteiger partial charge in [-0.1, -0.05) is 44.8 Å². The van der Waals surface area contributed by atoms with Gasteiger partial charge in [0.05, 0.1) is 11.4 Å². The molecule has 0 fully saturated rings. The van der Waals surface area contributed by atoms with E-state index in [0.717, 1.165) is 21.7 Å². The summed E-state index contributed by atoms with van der Waals surface area (Å²) in [6, 6.07) is 6.35. The molecule has 120 valence electrons. The van der Waals surface area contributed by atoms with Crippen LogP contribution in [-0.4, -0.2) is 11.1 Å². The average molecular weight is 320 g/mol. The van der Waals surface area contributed by atoms with E-state index in [4.69, 9.17) is 12.2 Å². The number of rotatable bonds is 6. The van der Waals surface area contributed by atoms with Gasteiger partial charge in [-0.3, -0.25) is 4.99 Å². The molecule has 0 bridgehead atoms. The molecule has 0 saturated carbocycles. The number of benzene rings is 1. The van der Waals surface area contributed by atoms with Gasteiger partial charge in [-0.25, -0.2) is 4.39 Å². The molecule has 0 aliphatic rings. The van der Waals surface area contributed by atoms with E-state index < -0.39 is 0 Å². The zero-order chi connectivity index (χ0) is 17.1. The van der Waals surface area contributed by atoms with E-state index in [9.17, 15) is 4.39 Å². The van der Waals surface area contributed by atoms with Gasteiger partial charge in [-0.05, 0) is 44.0 Å². The molecule has 1 aromatic carbocycles. The van der Waals surface area contributed by atoms with Gasteiger partial charge in [-0.2, -0.15) is 0 Å². The molecule has 0 aliphatic heterocycles. The van der Waals surface area contributed by atoms with Gasteiger partial charge >= 0.3 is 0 Å². The van der Waals surface area contributed by atoms with Crippen LogP contribution in [0, 0.1) is 5.82 Å². The molecule has 22 heavy (non-hydrogen) atoms. The first-order valence-electron chi connectivity index (χ1n) is 7.33. The molecule has 0 aromatic heterocycles. The maximum absolute atomic E-state index is 12.8. The van der Waals surface area contributed by atoms with Gasteiger partial charge in [0.2, 0.25) is 0 Å². The van der Waals surface area contributed by atoms with Crippen molar-refractivity contribution in [2.75, 3.05) is 0 Å². The SMILES string of the molecule is C=C(NCc1ccc(F)cc1)/C(N=CC)=C(\C)C(C)=S.CC. The summed E-state index contributed by atoms with van der Waals surface area (Å²) in [5, 5.41) is 3.19. The third-order valence-electron chi connectivity index (χ3n) is 2.85. The summed E-state index contributed by atoms with van der Waals surface area (Å²) in [6.07, 6.45) is 1.71. The number of halogens is 1. The van der Waals surface area contributed by atoms with E-state index in [0.29, 0.717) is 12.2 Å². The number of hydrogen-bond donors (Lipinski definition) is 1. The van der Waals surface area contributed by atoms with E-state index in [-0.39, 0.29) is 5.82 Å². The molecule has 1 N–H and O–H groups in total. The van der Waals surface area contributed by atoms with Crippen LogP contribution in [-0.2, 0) is 6.54 Å². The summed E-state index contributed by atoms with van der Waals surface area (Å²) < 4.78 is 12.8. The Morgan fingerprint density at radius 2 is 1.82 bits per heavy atom. The summed E-state index contributed by atoms with van der Waals surface area (Å²) in [4.78, 5) is 5.10. The first-order chi connectivity index (χ1) is 10.5. The second-order valence-electron chi connectivity index (χ2n) is 4.38. The van der Waals surface area contributed by atoms with Crippen LogP contribution < -0.4 is 5.32 Å². The first kappa shape index (κ1) is 20.2. The summed E-state index contributed by atoms with van der Waals surface area (Å²) in [7, 11) is 0. The van der Waals surface area contributed by atoms with Gasteiger partial charge in [0.25, 0.3) is 0 Å². The Kier molecular flexibility index (Phi) is 9.96. The fourth-order valence-electron chi connectivity index (χ4n) is 1.59. The van der Waals surface area contributed by atoms with E-state index in [2.05, 4.69) is 16.9 Å². The summed E-state index contributed by atoms with van der Waals surface area (Å²) >= 11 is 5.18. The van der Waals surface area contributed by atoms with Crippen LogP contribution >= 0.6 is 12.2 Å². The maximum atomic E-state index is 12.8. The van der Waals surface area contributed by atoms with Gasteiger partial charge in [0.1, 0.15) is 5.82 Å². The van der Waals surface area contributed by atoms with Crippen molar-refractivity contribution in [3.8, 4) is 0 Å². The van der Waals surface area contributed by atoms with Crippen LogP contribution in [0.5, 0.6) is 0 Å². The lowest BCUT2D eigenvalue weighted by Gasteiger charge is -2.13. The molecule has 2 nitrogen and oxygen atoms in total. The summed E-state index contributed by atoms with van der Waals surface area (Å²) in [5.74, 6) is -0.240. The molecule has 0 atom stereocenters. The van der Waals surface area contributed by atoms with Crippen LogP contribution in [0.15, 0.2) is 52.8 Å². The van der Waals surface area contributed by atoms with Crippen molar-refractivity contribution >= 4 is 23.3 Å². The summed E-state index contributed by atoms with van der Waals surface area (Å²) in [5.41, 5.74) is 3.36. The maximum Gasteiger partial charge on any atom is 0.123 e. The van der Waals surface area contributed by atoms with Gasteiger partial charge in [0, 0.05) is 17.6 Å². The molecule has 0 amide bonds. The molecule has 1 aromatic rings. The zero-order valence-electron chi connectivity index (χ0n) is 14.0. The molecule has 0 heterocycles. The third-order valence-corrected chi connectivity index (χ3v) is 3.15. The third kappa shape index (κ3) is 6.76. The smallest absolute Gasteiger partial charge is 0.123 e. The Morgan fingerprint density at radius 1 is 1.27 bits per heavy atom. The normalized spacial score (nSPS) is 11.4. The zero-order valence-corrected chi connectivity index (χ0v) is 14.9. The van der Waals surface area contributed by atoms with Crippen molar-refractivity contribution in [1.82, 2.24) is 5.32 Å². The highest BCUT2D eigenvalue weighted by molar-refractivity contribution is 7.80. The Labute approximate surface area is 138 Å². The predicted octanol–water partition coefficient (Wildman–Crippen LogP) is 5.21. The highest BCUT2D eigenvalue weighted by Crippen LogP contribution is 2.15. The van der Waals surface area contributed by atoms with Crippen LogP contribution in [0.3, 0.4) is 0 Å².